The maximum atomic E-state index is 12.8. The summed E-state index contributed by atoms with van der Waals surface area (Å²) in [5, 5.41) is 14.1. The number of aromatic hydroxyl groups is 1. The molecule has 4 nitrogen and oxygen atoms in total. The van der Waals surface area contributed by atoms with Crippen LogP contribution in [0.4, 0.5) is 4.39 Å². The Morgan fingerprint density at radius 3 is 2.43 bits per heavy atom. The van der Waals surface area contributed by atoms with Gasteiger partial charge in [-0.3, -0.25) is 4.79 Å². The zero-order valence-corrected chi connectivity index (χ0v) is 13.3. The Kier molecular flexibility index (Phi) is 4.79. The molecule has 0 aromatic heterocycles. The van der Waals surface area contributed by atoms with Gasteiger partial charge in [0.15, 0.2) is 0 Å². The SMILES string of the molecule is CC(C)(C)c1cccc(/C=N/NC(=O)c2ccc(F)cc2)c1O. The molecule has 23 heavy (non-hydrogen) atoms. The summed E-state index contributed by atoms with van der Waals surface area (Å²) in [5.41, 5.74) is 3.76. The Hall–Kier alpha value is -2.69. The standard InChI is InChI=1S/C18H19FN2O2/c1-18(2,3)15-6-4-5-13(16(15)22)11-20-21-17(23)12-7-9-14(19)10-8-12/h4-11,22H,1-3H3,(H,21,23)/b20-11+. The second kappa shape index (κ2) is 6.60. The maximum Gasteiger partial charge on any atom is 0.271 e. The minimum atomic E-state index is -0.451. The number of phenolic OH excluding ortho intramolecular Hbond substituents is 1. The Bertz CT molecular complexity index is 732. The van der Waals surface area contributed by atoms with E-state index in [1.54, 1.807) is 6.07 Å². The van der Waals surface area contributed by atoms with Crippen molar-refractivity contribution in [1.29, 1.82) is 0 Å². The van der Waals surface area contributed by atoms with Crippen molar-refractivity contribution in [2.75, 3.05) is 0 Å². The molecule has 0 aliphatic carbocycles. The van der Waals surface area contributed by atoms with E-state index in [9.17, 15) is 14.3 Å². The number of hydrazone groups is 1. The fourth-order valence-electron chi connectivity index (χ4n) is 2.10. The van der Waals surface area contributed by atoms with Crippen LogP contribution in [0.3, 0.4) is 0 Å². The van der Waals surface area contributed by atoms with Crippen LogP contribution < -0.4 is 5.43 Å². The molecule has 0 fully saturated rings. The van der Waals surface area contributed by atoms with Crippen LogP contribution in [-0.4, -0.2) is 17.2 Å². The van der Waals surface area contributed by atoms with E-state index in [0.717, 1.165) is 5.56 Å². The molecule has 0 aliphatic heterocycles. The number of nitrogens with zero attached hydrogens (tertiary/aromatic N) is 1. The van der Waals surface area contributed by atoms with E-state index in [1.165, 1.54) is 30.5 Å². The van der Waals surface area contributed by atoms with Crippen LogP contribution in [0.1, 0.15) is 42.3 Å². The number of carbonyl (C=O) groups is 1. The molecule has 0 unspecified atom stereocenters. The molecule has 0 aliphatic rings. The van der Waals surface area contributed by atoms with Gasteiger partial charge in [0, 0.05) is 11.1 Å². The number of hydrogen-bond donors (Lipinski definition) is 2. The number of nitrogens with one attached hydrogen (secondary N) is 1. The zero-order chi connectivity index (χ0) is 17.0. The van der Waals surface area contributed by atoms with Gasteiger partial charge in [-0.2, -0.15) is 5.10 Å². The van der Waals surface area contributed by atoms with Gasteiger partial charge in [0.1, 0.15) is 11.6 Å². The van der Waals surface area contributed by atoms with Crippen molar-refractivity contribution >= 4 is 12.1 Å². The van der Waals surface area contributed by atoms with Crippen molar-refractivity contribution in [3.8, 4) is 5.75 Å². The number of para-hydroxylation sites is 1. The average molecular weight is 314 g/mol. The normalized spacial score (nSPS) is 11.7. The highest BCUT2D eigenvalue weighted by atomic mass is 19.1. The summed E-state index contributed by atoms with van der Waals surface area (Å²) >= 11 is 0. The molecule has 0 bridgehead atoms. The predicted molar refractivity (Wildman–Crippen MR) is 88.3 cm³/mol. The van der Waals surface area contributed by atoms with Gasteiger partial charge in [0.25, 0.3) is 5.91 Å². The molecule has 0 atom stereocenters. The average Bonchev–Trinajstić information content (AvgIpc) is 2.48. The van der Waals surface area contributed by atoms with Crippen molar-refractivity contribution < 1.29 is 14.3 Å². The fourth-order valence-corrected chi connectivity index (χ4v) is 2.10. The first kappa shape index (κ1) is 16.7. The molecule has 2 N–H and O–H groups in total. The van der Waals surface area contributed by atoms with Crippen LogP contribution in [0, 0.1) is 5.82 Å². The van der Waals surface area contributed by atoms with E-state index in [-0.39, 0.29) is 11.2 Å². The number of rotatable bonds is 3. The number of halogens is 1. The number of hydrogen-bond acceptors (Lipinski definition) is 3. The molecule has 120 valence electrons. The lowest BCUT2D eigenvalue weighted by atomic mass is 9.85. The summed E-state index contributed by atoms with van der Waals surface area (Å²) in [7, 11) is 0. The summed E-state index contributed by atoms with van der Waals surface area (Å²) in [6, 6.07) is 10.5. The molecule has 0 heterocycles. The smallest absolute Gasteiger partial charge is 0.271 e. The molecule has 1 amide bonds. The van der Waals surface area contributed by atoms with E-state index in [2.05, 4.69) is 10.5 Å². The third-order valence-corrected chi connectivity index (χ3v) is 3.35. The number of carbonyl (C=O) groups excluding carboxylic acids is 1. The second-order valence-electron chi connectivity index (χ2n) is 6.20. The highest BCUT2D eigenvalue weighted by Crippen LogP contribution is 2.32. The van der Waals surface area contributed by atoms with Crippen molar-refractivity contribution in [3.05, 3.63) is 65.0 Å². The van der Waals surface area contributed by atoms with E-state index < -0.39 is 11.7 Å². The lowest BCUT2D eigenvalue weighted by Gasteiger charge is -2.21. The first-order valence-corrected chi connectivity index (χ1v) is 7.20. The second-order valence-corrected chi connectivity index (χ2v) is 6.20. The molecule has 5 heteroatoms. The summed E-state index contributed by atoms with van der Waals surface area (Å²) < 4.78 is 12.8. The van der Waals surface area contributed by atoms with E-state index in [1.807, 2.05) is 32.9 Å². The molecular weight excluding hydrogens is 295 g/mol. The van der Waals surface area contributed by atoms with Crippen LogP contribution in [-0.2, 0) is 5.41 Å². The van der Waals surface area contributed by atoms with E-state index in [4.69, 9.17) is 0 Å². The highest BCUT2D eigenvalue weighted by molar-refractivity contribution is 5.95. The lowest BCUT2D eigenvalue weighted by molar-refractivity contribution is 0.0955. The van der Waals surface area contributed by atoms with Crippen LogP contribution >= 0.6 is 0 Å². The van der Waals surface area contributed by atoms with Gasteiger partial charge in [-0.15, -0.1) is 0 Å². The zero-order valence-electron chi connectivity index (χ0n) is 13.3. The van der Waals surface area contributed by atoms with Gasteiger partial charge >= 0.3 is 0 Å². The Labute approximate surface area is 134 Å². The topological polar surface area (TPSA) is 61.7 Å². The lowest BCUT2D eigenvalue weighted by Crippen LogP contribution is -2.17. The molecule has 2 rings (SSSR count). The third kappa shape index (κ3) is 4.16. The minimum Gasteiger partial charge on any atom is -0.507 e. The van der Waals surface area contributed by atoms with Crippen molar-refractivity contribution in [1.82, 2.24) is 5.43 Å². The summed E-state index contributed by atoms with van der Waals surface area (Å²) in [4.78, 5) is 11.8. The molecule has 0 saturated heterocycles. The predicted octanol–water partition coefficient (Wildman–Crippen LogP) is 3.59. The van der Waals surface area contributed by atoms with Crippen molar-refractivity contribution in [2.24, 2.45) is 5.10 Å². The number of phenols is 1. The van der Waals surface area contributed by atoms with Crippen LogP contribution in [0.5, 0.6) is 5.75 Å². The van der Waals surface area contributed by atoms with Gasteiger partial charge in [-0.05, 0) is 41.3 Å². The molecule has 2 aromatic carbocycles. The van der Waals surface area contributed by atoms with Crippen molar-refractivity contribution in [3.63, 3.8) is 0 Å². The maximum absolute atomic E-state index is 12.8. The Morgan fingerprint density at radius 1 is 1.17 bits per heavy atom. The minimum absolute atomic E-state index is 0.139. The van der Waals surface area contributed by atoms with Gasteiger partial charge < -0.3 is 5.11 Å². The van der Waals surface area contributed by atoms with Crippen LogP contribution in [0.25, 0.3) is 0 Å². The molecule has 2 aromatic rings. The summed E-state index contributed by atoms with van der Waals surface area (Å²) in [6.07, 6.45) is 1.38. The Balaban J connectivity index is 2.12. The quantitative estimate of drug-likeness (QED) is 0.672. The first-order valence-electron chi connectivity index (χ1n) is 7.20. The molecular formula is C18H19FN2O2. The number of benzene rings is 2. The monoisotopic (exact) mass is 314 g/mol. The largest absolute Gasteiger partial charge is 0.507 e. The van der Waals surface area contributed by atoms with Crippen molar-refractivity contribution in [2.45, 2.75) is 26.2 Å². The van der Waals surface area contributed by atoms with E-state index in [0.29, 0.717) is 11.1 Å². The number of amides is 1. The van der Waals surface area contributed by atoms with Crippen LogP contribution in [0.2, 0.25) is 0 Å². The third-order valence-electron chi connectivity index (χ3n) is 3.35. The van der Waals surface area contributed by atoms with Gasteiger partial charge in [0.2, 0.25) is 0 Å². The fraction of sp³-hybridized carbons (Fsp3) is 0.222. The van der Waals surface area contributed by atoms with Gasteiger partial charge in [-0.25, -0.2) is 9.82 Å². The molecule has 0 saturated carbocycles. The molecule has 0 spiro atoms. The summed E-state index contributed by atoms with van der Waals surface area (Å²) in [5.74, 6) is -0.721. The van der Waals surface area contributed by atoms with Crippen LogP contribution in [0.15, 0.2) is 47.6 Å². The summed E-state index contributed by atoms with van der Waals surface area (Å²) in [6.45, 7) is 6.00. The Morgan fingerprint density at radius 2 is 1.83 bits per heavy atom. The molecule has 0 radical (unpaired) electrons. The van der Waals surface area contributed by atoms with Gasteiger partial charge in [-0.1, -0.05) is 32.9 Å². The first-order chi connectivity index (χ1) is 10.8. The van der Waals surface area contributed by atoms with Gasteiger partial charge in [0.05, 0.1) is 6.21 Å². The van der Waals surface area contributed by atoms with E-state index >= 15 is 0 Å². The highest BCUT2D eigenvalue weighted by Gasteiger charge is 2.19.